The van der Waals surface area contributed by atoms with Crippen molar-refractivity contribution in [1.82, 2.24) is 4.90 Å². The molecule has 0 spiro atoms. The molecule has 0 unspecified atom stereocenters. The molecule has 0 heterocycles. The summed E-state index contributed by atoms with van der Waals surface area (Å²) in [6.45, 7) is 0.0137. The van der Waals surface area contributed by atoms with E-state index in [9.17, 15) is 19.3 Å². The van der Waals surface area contributed by atoms with Crippen molar-refractivity contribution in [1.29, 1.82) is 0 Å². The van der Waals surface area contributed by atoms with Gasteiger partial charge in [-0.05, 0) is 25.0 Å². The zero-order valence-electron chi connectivity index (χ0n) is 10.1. The van der Waals surface area contributed by atoms with E-state index < -0.39 is 22.3 Å². The predicted octanol–water partition coefficient (Wildman–Crippen LogP) is 1.33. The van der Waals surface area contributed by atoms with Crippen molar-refractivity contribution in [3.05, 3.63) is 39.7 Å². The van der Waals surface area contributed by atoms with Gasteiger partial charge in [0.1, 0.15) is 0 Å². The van der Waals surface area contributed by atoms with E-state index in [4.69, 9.17) is 5.11 Å². The van der Waals surface area contributed by atoms with Crippen LogP contribution in [0.3, 0.4) is 0 Å². The first-order valence-corrected chi connectivity index (χ1v) is 5.90. The summed E-state index contributed by atoms with van der Waals surface area (Å²) in [6.07, 6.45) is 1.72. The van der Waals surface area contributed by atoms with Gasteiger partial charge in [0.05, 0.1) is 11.5 Å². The Morgan fingerprint density at radius 2 is 2.21 bits per heavy atom. The Kier molecular flexibility index (Phi) is 3.75. The number of rotatable bonds is 5. The highest BCUT2D eigenvalue weighted by Gasteiger charge is 2.33. The lowest BCUT2D eigenvalue weighted by atomic mass is 10.1. The topological polar surface area (TPSA) is 83.7 Å². The third-order valence-corrected chi connectivity index (χ3v) is 2.98. The van der Waals surface area contributed by atoms with Gasteiger partial charge < -0.3 is 10.0 Å². The molecular weight excluding hydrogens is 255 g/mol. The summed E-state index contributed by atoms with van der Waals surface area (Å²) >= 11 is 0. The van der Waals surface area contributed by atoms with E-state index in [0.717, 1.165) is 25.0 Å². The van der Waals surface area contributed by atoms with Crippen molar-refractivity contribution in [3.8, 4) is 0 Å². The fraction of sp³-hybridized carbons (Fsp3) is 0.417. The Labute approximate surface area is 108 Å². The van der Waals surface area contributed by atoms with Crippen molar-refractivity contribution in [2.45, 2.75) is 18.9 Å². The van der Waals surface area contributed by atoms with Gasteiger partial charge in [-0.2, -0.15) is 4.39 Å². The van der Waals surface area contributed by atoms with Gasteiger partial charge >= 0.3 is 5.69 Å². The third-order valence-electron chi connectivity index (χ3n) is 2.98. The normalized spacial score (nSPS) is 14.2. The number of nitro benzene ring substituents is 1. The number of hydrogen-bond acceptors (Lipinski definition) is 4. The van der Waals surface area contributed by atoms with Crippen molar-refractivity contribution >= 4 is 11.6 Å². The van der Waals surface area contributed by atoms with Crippen LogP contribution in [-0.2, 0) is 0 Å². The quantitative estimate of drug-likeness (QED) is 0.645. The number of hydrogen-bond donors (Lipinski definition) is 1. The molecule has 1 aromatic rings. The van der Waals surface area contributed by atoms with Crippen molar-refractivity contribution in [3.63, 3.8) is 0 Å². The molecule has 1 amide bonds. The van der Waals surface area contributed by atoms with Crippen LogP contribution < -0.4 is 0 Å². The van der Waals surface area contributed by atoms with Crippen molar-refractivity contribution in [2.75, 3.05) is 13.2 Å². The number of nitrogens with zero attached hydrogens (tertiary/aromatic N) is 2. The number of halogens is 1. The Hall–Kier alpha value is -2.02. The molecule has 0 aromatic heterocycles. The van der Waals surface area contributed by atoms with Crippen LogP contribution in [0.5, 0.6) is 0 Å². The highest BCUT2D eigenvalue weighted by molar-refractivity contribution is 5.94. The SMILES string of the molecule is O=C(c1ccc([N+](=O)[O-])c(F)c1)N(CCO)C1CC1. The van der Waals surface area contributed by atoms with Crippen LogP contribution in [0.25, 0.3) is 0 Å². The molecule has 2 rings (SSSR count). The smallest absolute Gasteiger partial charge is 0.304 e. The van der Waals surface area contributed by atoms with Gasteiger partial charge in [0, 0.05) is 24.2 Å². The Bertz CT molecular complexity index is 516. The monoisotopic (exact) mass is 268 g/mol. The second-order valence-electron chi connectivity index (χ2n) is 4.38. The molecule has 1 fully saturated rings. The summed E-state index contributed by atoms with van der Waals surface area (Å²) in [5.74, 6) is -1.44. The van der Waals surface area contributed by atoms with Gasteiger partial charge in [-0.1, -0.05) is 0 Å². The highest BCUT2D eigenvalue weighted by atomic mass is 19.1. The molecule has 7 heteroatoms. The molecule has 102 valence electrons. The molecule has 1 aromatic carbocycles. The predicted molar refractivity (Wildman–Crippen MR) is 64.2 cm³/mol. The number of benzene rings is 1. The van der Waals surface area contributed by atoms with Gasteiger partial charge in [-0.25, -0.2) is 0 Å². The lowest BCUT2D eigenvalue weighted by Crippen LogP contribution is -2.35. The number of carbonyl (C=O) groups is 1. The summed E-state index contributed by atoms with van der Waals surface area (Å²) < 4.78 is 13.5. The molecule has 19 heavy (non-hydrogen) atoms. The first-order chi connectivity index (χ1) is 9.04. The summed E-state index contributed by atoms with van der Waals surface area (Å²) in [6, 6.07) is 3.16. The van der Waals surface area contributed by atoms with Gasteiger partial charge in [-0.3, -0.25) is 14.9 Å². The lowest BCUT2D eigenvalue weighted by Gasteiger charge is -2.21. The molecule has 1 saturated carbocycles. The fourth-order valence-corrected chi connectivity index (χ4v) is 1.90. The van der Waals surface area contributed by atoms with E-state index in [2.05, 4.69) is 0 Å². The maximum absolute atomic E-state index is 13.5. The van der Waals surface area contributed by atoms with E-state index >= 15 is 0 Å². The van der Waals surface area contributed by atoms with Crippen LogP contribution >= 0.6 is 0 Å². The minimum Gasteiger partial charge on any atom is -0.395 e. The summed E-state index contributed by atoms with van der Waals surface area (Å²) in [7, 11) is 0. The molecule has 0 atom stereocenters. The molecule has 0 saturated heterocycles. The number of carbonyl (C=O) groups excluding carboxylic acids is 1. The summed E-state index contributed by atoms with van der Waals surface area (Å²) in [5, 5.41) is 19.4. The molecule has 0 aliphatic heterocycles. The van der Waals surface area contributed by atoms with Crippen LogP contribution in [0.15, 0.2) is 18.2 Å². The summed E-state index contributed by atoms with van der Waals surface area (Å²) in [5.41, 5.74) is -0.597. The highest BCUT2D eigenvalue weighted by Crippen LogP contribution is 2.28. The van der Waals surface area contributed by atoms with Crippen molar-refractivity contribution < 1.29 is 19.2 Å². The van der Waals surface area contributed by atoms with Crippen molar-refractivity contribution in [2.24, 2.45) is 0 Å². The summed E-state index contributed by atoms with van der Waals surface area (Å²) in [4.78, 5) is 23.3. The second kappa shape index (κ2) is 5.31. The maximum atomic E-state index is 13.5. The lowest BCUT2D eigenvalue weighted by molar-refractivity contribution is -0.387. The standard InChI is InChI=1S/C12H13FN2O4/c13-10-7-8(1-4-11(10)15(18)19)12(17)14(5-6-16)9-2-3-9/h1,4,7,9,16H,2-3,5-6H2. The number of nitro groups is 1. The van der Waals surface area contributed by atoms with E-state index in [1.54, 1.807) is 0 Å². The van der Waals surface area contributed by atoms with Gasteiger partial charge in [0.25, 0.3) is 5.91 Å². The van der Waals surface area contributed by atoms with Crippen LogP contribution in [0.1, 0.15) is 23.2 Å². The molecule has 0 radical (unpaired) electrons. The first kappa shape index (κ1) is 13.4. The van der Waals surface area contributed by atoms with Crippen LogP contribution in [0.2, 0.25) is 0 Å². The maximum Gasteiger partial charge on any atom is 0.304 e. The van der Waals surface area contributed by atoms with Gasteiger partial charge in [-0.15, -0.1) is 0 Å². The molecule has 1 N–H and O–H groups in total. The van der Waals surface area contributed by atoms with Gasteiger partial charge in [0.2, 0.25) is 5.82 Å². The average molecular weight is 268 g/mol. The van der Waals surface area contributed by atoms with E-state index in [1.165, 1.54) is 11.0 Å². The Morgan fingerprint density at radius 3 is 2.68 bits per heavy atom. The van der Waals surface area contributed by atoms with Crippen LogP contribution in [0.4, 0.5) is 10.1 Å². The Balaban J connectivity index is 2.23. The molecule has 1 aliphatic rings. The number of aliphatic hydroxyl groups excluding tert-OH is 1. The average Bonchev–Trinajstić information content (AvgIpc) is 3.18. The van der Waals surface area contributed by atoms with Crippen LogP contribution in [-0.4, -0.2) is 40.0 Å². The van der Waals surface area contributed by atoms with Gasteiger partial charge in [0.15, 0.2) is 0 Å². The second-order valence-corrected chi connectivity index (χ2v) is 4.38. The molecule has 0 bridgehead atoms. The molecule has 1 aliphatic carbocycles. The minimum absolute atomic E-state index is 0.0588. The molecular formula is C12H13FN2O4. The largest absolute Gasteiger partial charge is 0.395 e. The third kappa shape index (κ3) is 2.87. The zero-order valence-corrected chi connectivity index (χ0v) is 10.1. The van der Waals surface area contributed by atoms with E-state index in [-0.39, 0.29) is 24.8 Å². The first-order valence-electron chi connectivity index (χ1n) is 5.90. The number of amides is 1. The minimum atomic E-state index is -1.03. The van der Waals surface area contributed by atoms with Crippen LogP contribution in [0, 0.1) is 15.9 Å². The fourth-order valence-electron chi connectivity index (χ4n) is 1.90. The van der Waals surface area contributed by atoms with E-state index in [0.29, 0.717) is 0 Å². The van der Waals surface area contributed by atoms with E-state index in [1.807, 2.05) is 0 Å². The zero-order chi connectivity index (χ0) is 14.0. The Morgan fingerprint density at radius 1 is 1.53 bits per heavy atom. The number of aliphatic hydroxyl groups is 1. The molecule has 6 nitrogen and oxygen atoms in total.